The van der Waals surface area contributed by atoms with Crippen LogP contribution < -0.4 is 5.56 Å². The van der Waals surface area contributed by atoms with Crippen LogP contribution in [0.25, 0.3) is 5.69 Å². The number of halogens is 2. The van der Waals surface area contributed by atoms with E-state index in [4.69, 9.17) is 11.6 Å². The molecule has 2 aromatic carbocycles. The molecule has 0 fully saturated rings. The van der Waals surface area contributed by atoms with Crippen molar-refractivity contribution >= 4 is 23.4 Å². The Labute approximate surface area is 141 Å². The highest BCUT2D eigenvalue weighted by Gasteiger charge is 2.08. The van der Waals surface area contributed by atoms with E-state index >= 15 is 0 Å². The topological polar surface area (TPSA) is 34.9 Å². The minimum Gasteiger partial charge on any atom is -0.280 e. The molecule has 0 bridgehead atoms. The van der Waals surface area contributed by atoms with Gasteiger partial charge in [-0.1, -0.05) is 41.6 Å². The molecule has 0 unspecified atom stereocenters. The average molecular weight is 347 g/mol. The molecule has 116 valence electrons. The van der Waals surface area contributed by atoms with Gasteiger partial charge in [-0.05, 0) is 35.9 Å². The zero-order valence-electron chi connectivity index (χ0n) is 11.9. The summed E-state index contributed by atoms with van der Waals surface area (Å²) >= 11 is 7.28. The van der Waals surface area contributed by atoms with Gasteiger partial charge in [-0.2, -0.15) is 0 Å². The van der Waals surface area contributed by atoms with E-state index in [9.17, 15) is 9.18 Å². The molecule has 0 saturated heterocycles. The summed E-state index contributed by atoms with van der Waals surface area (Å²) < 4.78 is 14.7. The highest BCUT2D eigenvalue weighted by atomic mass is 35.5. The van der Waals surface area contributed by atoms with Crippen molar-refractivity contribution in [2.75, 3.05) is 0 Å². The van der Waals surface area contributed by atoms with Gasteiger partial charge in [-0.25, -0.2) is 9.37 Å². The van der Waals surface area contributed by atoms with Gasteiger partial charge in [0, 0.05) is 23.2 Å². The van der Waals surface area contributed by atoms with Gasteiger partial charge in [-0.15, -0.1) is 0 Å². The Morgan fingerprint density at radius 3 is 2.78 bits per heavy atom. The number of benzene rings is 2. The van der Waals surface area contributed by atoms with Crippen LogP contribution in [-0.2, 0) is 5.75 Å². The Morgan fingerprint density at radius 2 is 2.00 bits per heavy atom. The summed E-state index contributed by atoms with van der Waals surface area (Å²) in [5, 5.41) is 1.01. The summed E-state index contributed by atoms with van der Waals surface area (Å²) in [6.07, 6.45) is 3.06. The van der Waals surface area contributed by atoms with Crippen LogP contribution in [0.15, 0.2) is 70.7 Å². The molecule has 0 amide bonds. The summed E-state index contributed by atoms with van der Waals surface area (Å²) in [5.41, 5.74) is 1.21. The maximum atomic E-state index is 13.3. The molecule has 3 nitrogen and oxygen atoms in total. The first-order chi connectivity index (χ1) is 11.1. The highest BCUT2D eigenvalue weighted by molar-refractivity contribution is 7.98. The van der Waals surface area contributed by atoms with Crippen LogP contribution in [0.3, 0.4) is 0 Å². The summed E-state index contributed by atoms with van der Waals surface area (Å²) in [5.74, 6) is 0.190. The van der Waals surface area contributed by atoms with Crippen molar-refractivity contribution in [2.24, 2.45) is 0 Å². The molecule has 0 aliphatic rings. The summed E-state index contributed by atoms with van der Waals surface area (Å²) in [6.45, 7) is 0. The molecule has 0 atom stereocenters. The smallest absolute Gasteiger partial charge is 0.280 e. The fourth-order valence-electron chi connectivity index (χ4n) is 2.10. The van der Waals surface area contributed by atoms with Crippen LogP contribution in [0.5, 0.6) is 0 Å². The molecular formula is C17H12ClFN2OS. The van der Waals surface area contributed by atoms with Crippen molar-refractivity contribution in [1.82, 2.24) is 9.55 Å². The minimum atomic E-state index is -0.389. The van der Waals surface area contributed by atoms with Crippen LogP contribution in [0.4, 0.5) is 4.39 Å². The van der Waals surface area contributed by atoms with E-state index in [0.717, 1.165) is 5.56 Å². The van der Waals surface area contributed by atoms with Gasteiger partial charge < -0.3 is 0 Å². The maximum absolute atomic E-state index is 13.3. The summed E-state index contributed by atoms with van der Waals surface area (Å²) in [4.78, 5) is 16.6. The van der Waals surface area contributed by atoms with Crippen LogP contribution in [0, 0.1) is 5.82 Å². The zero-order valence-corrected chi connectivity index (χ0v) is 13.5. The van der Waals surface area contributed by atoms with Crippen molar-refractivity contribution < 1.29 is 4.39 Å². The standard InChI is InChI=1S/C17H12ClFN2OS/c18-13-4-1-3-12(9-13)11-23-16-17(22)21(8-7-20-16)15-6-2-5-14(19)10-15/h1-10H,11H2. The normalized spacial score (nSPS) is 10.7. The van der Waals surface area contributed by atoms with Gasteiger partial charge in [0.1, 0.15) is 5.82 Å². The van der Waals surface area contributed by atoms with E-state index in [-0.39, 0.29) is 11.4 Å². The van der Waals surface area contributed by atoms with E-state index in [1.807, 2.05) is 18.2 Å². The third-order valence-electron chi connectivity index (χ3n) is 3.16. The van der Waals surface area contributed by atoms with Crippen molar-refractivity contribution in [1.29, 1.82) is 0 Å². The van der Waals surface area contributed by atoms with Gasteiger partial charge in [0.25, 0.3) is 5.56 Å². The molecular weight excluding hydrogens is 335 g/mol. The fraction of sp³-hybridized carbons (Fsp3) is 0.0588. The highest BCUT2D eigenvalue weighted by Crippen LogP contribution is 2.20. The lowest BCUT2D eigenvalue weighted by Crippen LogP contribution is -2.20. The molecule has 1 aromatic heterocycles. The Morgan fingerprint density at radius 1 is 1.17 bits per heavy atom. The number of hydrogen-bond donors (Lipinski definition) is 0. The first-order valence-corrected chi connectivity index (χ1v) is 8.21. The van der Waals surface area contributed by atoms with Crippen molar-refractivity contribution in [3.63, 3.8) is 0 Å². The second kappa shape index (κ2) is 6.98. The molecule has 0 saturated carbocycles. The van der Waals surface area contributed by atoms with Crippen molar-refractivity contribution in [3.05, 3.63) is 87.7 Å². The molecule has 23 heavy (non-hydrogen) atoms. The quantitative estimate of drug-likeness (QED) is 0.660. The van der Waals surface area contributed by atoms with Crippen LogP contribution in [0.2, 0.25) is 5.02 Å². The average Bonchev–Trinajstić information content (AvgIpc) is 2.54. The molecule has 3 rings (SSSR count). The molecule has 0 N–H and O–H groups in total. The first kappa shape index (κ1) is 15.8. The van der Waals surface area contributed by atoms with Gasteiger partial charge in [-0.3, -0.25) is 9.36 Å². The predicted octanol–water partition coefficient (Wildman–Crippen LogP) is 4.32. The Balaban J connectivity index is 1.87. The Bertz CT molecular complexity index is 898. The van der Waals surface area contributed by atoms with Gasteiger partial charge in [0.2, 0.25) is 0 Å². The monoisotopic (exact) mass is 346 g/mol. The van der Waals surface area contributed by atoms with Gasteiger partial charge in [0.05, 0.1) is 5.69 Å². The molecule has 1 heterocycles. The Kier molecular flexibility index (Phi) is 4.79. The number of aromatic nitrogens is 2. The summed E-state index contributed by atoms with van der Waals surface area (Å²) in [7, 11) is 0. The van der Waals surface area contributed by atoms with E-state index < -0.39 is 0 Å². The zero-order chi connectivity index (χ0) is 16.2. The molecule has 0 aliphatic carbocycles. The van der Waals surface area contributed by atoms with E-state index in [1.54, 1.807) is 18.2 Å². The molecule has 3 aromatic rings. The minimum absolute atomic E-state index is 0.273. The van der Waals surface area contributed by atoms with Crippen LogP contribution in [-0.4, -0.2) is 9.55 Å². The first-order valence-electron chi connectivity index (χ1n) is 6.84. The Hall–Kier alpha value is -2.11. The van der Waals surface area contributed by atoms with Gasteiger partial charge >= 0.3 is 0 Å². The summed E-state index contributed by atoms with van der Waals surface area (Å²) in [6, 6.07) is 13.3. The number of thioether (sulfide) groups is 1. The largest absolute Gasteiger partial charge is 0.287 e. The van der Waals surface area contributed by atoms with Crippen molar-refractivity contribution in [3.8, 4) is 5.69 Å². The fourth-order valence-corrected chi connectivity index (χ4v) is 3.15. The van der Waals surface area contributed by atoms with E-state index in [2.05, 4.69) is 4.98 Å². The molecule has 6 heteroatoms. The molecule has 0 aliphatic heterocycles. The SMILES string of the molecule is O=c1c(SCc2cccc(Cl)c2)nccn1-c1cccc(F)c1. The van der Waals surface area contributed by atoms with E-state index in [0.29, 0.717) is 21.5 Å². The van der Waals surface area contributed by atoms with Gasteiger partial charge in [0.15, 0.2) is 5.03 Å². The second-order valence-electron chi connectivity index (χ2n) is 4.81. The molecule has 0 radical (unpaired) electrons. The number of nitrogens with zero attached hydrogens (tertiary/aromatic N) is 2. The van der Waals surface area contributed by atoms with Crippen LogP contribution in [0.1, 0.15) is 5.56 Å². The van der Waals surface area contributed by atoms with E-state index in [1.165, 1.54) is 40.9 Å². The predicted molar refractivity (Wildman–Crippen MR) is 90.8 cm³/mol. The maximum Gasteiger partial charge on any atom is 0.287 e. The lowest BCUT2D eigenvalue weighted by Gasteiger charge is -2.07. The number of rotatable bonds is 4. The second-order valence-corrected chi connectivity index (χ2v) is 6.21. The number of hydrogen-bond acceptors (Lipinski definition) is 3. The van der Waals surface area contributed by atoms with Crippen molar-refractivity contribution in [2.45, 2.75) is 10.8 Å². The lowest BCUT2D eigenvalue weighted by molar-refractivity contribution is 0.626. The van der Waals surface area contributed by atoms with Crippen LogP contribution >= 0.6 is 23.4 Å². The third-order valence-corrected chi connectivity index (χ3v) is 4.43. The lowest BCUT2D eigenvalue weighted by atomic mass is 10.2. The molecule has 0 spiro atoms. The third kappa shape index (κ3) is 3.81.